The van der Waals surface area contributed by atoms with Crippen molar-refractivity contribution in [1.82, 2.24) is 14.9 Å². The highest BCUT2D eigenvalue weighted by molar-refractivity contribution is 7.90. The second kappa shape index (κ2) is 11.2. The third-order valence-corrected chi connectivity index (χ3v) is 8.98. The average molecular weight is 545 g/mol. The van der Waals surface area contributed by atoms with Crippen LogP contribution in [-0.4, -0.2) is 55.8 Å². The number of nitro benzene ring substituents is 1. The zero-order valence-corrected chi connectivity index (χ0v) is 21.6. The first kappa shape index (κ1) is 26.5. The molecule has 196 valence electrons. The molecule has 0 aliphatic carbocycles. The molecule has 1 aliphatic heterocycles. The minimum absolute atomic E-state index is 0.00929. The van der Waals surface area contributed by atoms with E-state index in [2.05, 4.69) is 10.0 Å². The highest BCUT2D eigenvalue weighted by Crippen LogP contribution is 2.29. The summed E-state index contributed by atoms with van der Waals surface area (Å²) in [4.78, 5) is 25.6. The second-order valence-corrected chi connectivity index (χ2v) is 11.6. The highest BCUT2D eigenvalue weighted by atomic mass is 32.2. The molecule has 4 rings (SSSR count). The molecule has 0 saturated carbocycles. The normalized spacial score (nSPS) is 16.9. The number of piperidine rings is 1. The number of amides is 1. The van der Waals surface area contributed by atoms with Crippen LogP contribution in [0.25, 0.3) is 10.1 Å². The van der Waals surface area contributed by atoms with Gasteiger partial charge >= 0.3 is 0 Å². The van der Waals surface area contributed by atoms with Gasteiger partial charge in [-0.25, -0.2) is 8.42 Å². The lowest BCUT2D eigenvalue weighted by atomic mass is 9.98. The number of nitro groups is 1. The van der Waals surface area contributed by atoms with Crippen LogP contribution in [0.5, 0.6) is 0 Å². The average Bonchev–Trinajstić information content (AvgIpc) is 3.32. The minimum Gasteiger partial charge on any atom is -0.370 e. The molecule has 2 aromatic carbocycles. The number of non-ortho nitro benzene ring substituents is 1. The number of likely N-dealkylation sites (tertiary alicyclic amines) is 1. The standard InChI is InChI=1S/C24H28N6O5S2/c25-24(26)29-11-3-4-17(14-29)13-27-23(31)20(12-16-7-9-18(10-8-16)30(32)33)28-37(34,35)22-15-36-21-6-2-1-5-19(21)22/h1-2,5-10,15,17,20,28H,3-4,11-14H2,(H3,25,26)(H,27,31)/t17?,20-/m1/s1. The van der Waals surface area contributed by atoms with Gasteiger partial charge in [0.05, 0.1) is 4.92 Å². The first-order valence-electron chi connectivity index (χ1n) is 11.7. The Hall–Kier alpha value is -3.55. The molecule has 1 unspecified atom stereocenters. The van der Waals surface area contributed by atoms with Gasteiger partial charge in [0, 0.05) is 47.2 Å². The van der Waals surface area contributed by atoms with Gasteiger partial charge in [-0.3, -0.25) is 20.3 Å². The number of fused-ring (bicyclic) bond motifs is 1. The summed E-state index contributed by atoms with van der Waals surface area (Å²) >= 11 is 1.30. The number of nitrogens with two attached hydrogens (primary N) is 1. The smallest absolute Gasteiger partial charge is 0.269 e. The molecule has 1 saturated heterocycles. The van der Waals surface area contributed by atoms with Crippen molar-refractivity contribution in [2.45, 2.75) is 30.2 Å². The Balaban J connectivity index is 1.53. The van der Waals surface area contributed by atoms with Gasteiger partial charge in [-0.15, -0.1) is 11.3 Å². The molecule has 2 heterocycles. The molecular weight excluding hydrogens is 516 g/mol. The van der Waals surface area contributed by atoms with Crippen LogP contribution in [0.15, 0.2) is 58.8 Å². The Labute approximate surface area is 218 Å². The zero-order valence-electron chi connectivity index (χ0n) is 19.9. The molecule has 0 spiro atoms. The molecule has 13 heteroatoms. The van der Waals surface area contributed by atoms with E-state index in [4.69, 9.17) is 11.1 Å². The number of rotatable bonds is 9. The number of guanidine groups is 1. The van der Waals surface area contributed by atoms with Crippen molar-refractivity contribution in [3.05, 3.63) is 69.6 Å². The van der Waals surface area contributed by atoms with Crippen LogP contribution in [0.3, 0.4) is 0 Å². The number of thiophene rings is 1. The van der Waals surface area contributed by atoms with E-state index in [9.17, 15) is 23.3 Å². The molecule has 1 fully saturated rings. The number of sulfonamides is 1. The van der Waals surface area contributed by atoms with Crippen LogP contribution in [0, 0.1) is 21.4 Å². The lowest BCUT2D eigenvalue weighted by Gasteiger charge is -2.33. The summed E-state index contributed by atoms with van der Waals surface area (Å²) in [6.45, 7) is 1.54. The molecule has 1 amide bonds. The van der Waals surface area contributed by atoms with Gasteiger partial charge in [0.2, 0.25) is 15.9 Å². The van der Waals surface area contributed by atoms with Crippen molar-refractivity contribution in [2.24, 2.45) is 11.7 Å². The van der Waals surface area contributed by atoms with Gasteiger partial charge in [0.15, 0.2) is 5.96 Å². The molecule has 1 aliphatic rings. The zero-order chi connectivity index (χ0) is 26.6. The summed E-state index contributed by atoms with van der Waals surface area (Å²) in [7, 11) is -4.05. The van der Waals surface area contributed by atoms with Crippen LogP contribution >= 0.6 is 11.3 Å². The maximum absolute atomic E-state index is 13.4. The van der Waals surface area contributed by atoms with Crippen LogP contribution in [-0.2, 0) is 21.2 Å². The fourth-order valence-electron chi connectivity index (χ4n) is 4.41. The Bertz CT molecular complexity index is 1410. The van der Waals surface area contributed by atoms with Crippen LogP contribution < -0.4 is 15.8 Å². The summed E-state index contributed by atoms with van der Waals surface area (Å²) in [5, 5.41) is 23.6. The molecule has 2 atom stereocenters. The van der Waals surface area contributed by atoms with Crippen molar-refractivity contribution in [3.8, 4) is 0 Å². The van der Waals surface area contributed by atoms with Crippen LogP contribution in [0.4, 0.5) is 5.69 Å². The number of benzene rings is 2. The largest absolute Gasteiger partial charge is 0.370 e. The molecular formula is C24H28N6O5S2. The molecule has 1 aromatic heterocycles. The number of carbonyl (C=O) groups excluding carboxylic acids is 1. The monoisotopic (exact) mass is 544 g/mol. The predicted molar refractivity (Wildman–Crippen MR) is 142 cm³/mol. The van der Waals surface area contributed by atoms with Crippen molar-refractivity contribution in [1.29, 1.82) is 5.41 Å². The molecule has 5 N–H and O–H groups in total. The van der Waals surface area contributed by atoms with Gasteiger partial charge in [-0.1, -0.05) is 30.3 Å². The molecule has 37 heavy (non-hydrogen) atoms. The van der Waals surface area contributed by atoms with Gasteiger partial charge in [-0.05, 0) is 36.8 Å². The summed E-state index contributed by atoms with van der Waals surface area (Å²) < 4.78 is 30.1. The van der Waals surface area contributed by atoms with Gasteiger partial charge in [0.1, 0.15) is 10.9 Å². The van der Waals surface area contributed by atoms with Crippen molar-refractivity contribution >= 4 is 49.0 Å². The topological polar surface area (TPSA) is 172 Å². The van der Waals surface area contributed by atoms with E-state index in [1.807, 2.05) is 12.1 Å². The Morgan fingerprint density at radius 3 is 2.68 bits per heavy atom. The first-order chi connectivity index (χ1) is 17.6. The van der Waals surface area contributed by atoms with E-state index in [1.165, 1.54) is 35.6 Å². The maximum atomic E-state index is 13.4. The lowest BCUT2D eigenvalue weighted by Crippen LogP contribution is -2.51. The summed E-state index contributed by atoms with van der Waals surface area (Å²) in [6.07, 6.45) is 1.70. The van der Waals surface area contributed by atoms with Crippen molar-refractivity contribution in [2.75, 3.05) is 19.6 Å². The predicted octanol–water partition coefficient (Wildman–Crippen LogP) is 2.42. The van der Waals surface area contributed by atoms with E-state index >= 15 is 0 Å². The van der Waals surface area contributed by atoms with Gasteiger partial charge in [0.25, 0.3) is 5.69 Å². The molecule has 0 radical (unpaired) electrons. The SMILES string of the molecule is N=C(N)N1CCCC(CNC(=O)[C@@H](Cc2ccc([N+](=O)[O-])cc2)NS(=O)(=O)c2csc3ccccc23)C1. The number of nitrogens with one attached hydrogen (secondary N) is 3. The molecule has 3 aromatic rings. The number of nitrogens with zero attached hydrogens (tertiary/aromatic N) is 2. The number of hydrogen-bond acceptors (Lipinski definition) is 7. The van der Waals surface area contributed by atoms with E-state index in [0.717, 1.165) is 17.5 Å². The van der Waals surface area contributed by atoms with Gasteiger partial charge < -0.3 is 16.0 Å². The third kappa shape index (κ3) is 6.42. The fourth-order valence-corrected chi connectivity index (χ4v) is 7.11. The lowest BCUT2D eigenvalue weighted by molar-refractivity contribution is -0.384. The quantitative estimate of drug-likeness (QED) is 0.139. The second-order valence-electron chi connectivity index (χ2n) is 8.98. The van der Waals surface area contributed by atoms with Crippen LogP contribution in [0.1, 0.15) is 18.4 Å². The Morgan fingerprint density at radius 1 is 1.24 bits per heavy atom. The first-order valence-corrected chi connectivity index (χ1v) is 14.1. The summed E-state index contributed by atoms with van der Waals surface area (Å²) in [5.74, 6) is -0.441. The summed E-state index contributed by atoms with van der Waals surface area (Å²) in [6, 6.07) is 11.7. The third-order valence-electron chi connectivity index (χ3n) is 6.36. The van der Waals surface area contributed by atoms with Crippen molar-refractivity contribution in [3.63, 3.8) is 0 Å². The fraction of sp³-hybridized carbons (Fsp3) is 0.333. The van der Waals surface area contributed by atoms with Gasteiger partial charge in [-0.2, -0.15) is 4.72 Å². The maximum Gasteiger partial charge on any atom is 0.269 e. The molecule has 0 bridgehead atoms. The van der Waals surface area contributed by atoms with E-state index in [-0.39, 0.29) is 28.9 Å². The minimum atomic E-state index is -4.05. The Morgan fingerprint density at radius 2 is 1.97 bits per heavy atom. The van der Waals surface area contributed by atoms with Crippen LogP contribution in [0.2, 0.25) is 0 Å². The number of carbonyl (C=O) groups is 1. The van der Waals surface area contributed by atoms with E-state index < -0.39 is 26.9 Å². The number of hydrogen-bond donors (Lipinski definition) is 4. The van der Waals surface area contributed by atoms with E-state index in [0.29, 0.717) is 30.6 Å². The Kier molecular flexibility index (Phi) is 8.05. The molecule has 11 nitrogen and oxygen atoms in total. The van der Waals surface area contributed by atoms with E-state index in [1.54, 1.807) is 22.4 Å². The summed E-state index contributed by atoms with van der Waals surface area (Å²) in [5.41, 5.74) is 6.09. The van der Waals surface area contributed by atoms with Crippen molar-refractivity contribution < 1.29 is 18.1 Å². The highest BCUT2D eigenvalue weighted by Gasteiger charge is 2.29.